The van der Waals surface area contributed by atoms with Gasteiger partial charge in [-0.15, -0.1) is 0 Å². The summed E-state index contributed by atoms with van der Waals surface area (Å²) >= 11 is 0. The van der Waals surface area contributed by atoms with Crippen molar-refractivity contribution in [3.05, 3.63) is 72.2 Å². The van der Waals surface area contributed by atoms with Crippen molar-refractivity contribution in [3.63, 3.8) is 0 Å². The SMILES string of the molecule is O=COc1ccc(CC(=O)N2CCC(C(=O)CC3c4ccccc4-c4cncn43)CC2)cc1. The summed E-state index contributed by atoms with van der Waals surface area (Å²) in [6, 6.07) is 15.1. The molecule has 0 aliphatic carbocycles. The number of rotatable bonds is 7. The molecule has 33 heavy (non-hydrogen) atoms. The number of amides is 1. The topological polar surface area (TPSA) is 81.5 Å². The van der Waals surface area contributed by atoms with Gasteiger partial charge in [-0.05, 0) is 36.1 Å². The molecule has 3 heterocycles. The fraction of sp³-hybridized carbons (Fsp3) is 0.308. The third-order valence-electron chi connectivity index (χ3n) is 6.76. The largest absolute Gasteiger partial charge is 0.429 e. The van der Waals surface area contributed by atoms with Crippen molar-refractivity contribution in [1.29, 1.82) is 0 Å². The van der Waals surface area contributed by atoms with E-state index in [4.69, 9.17) is 4.74 Å². The highest BCUT2D eigenvalue weighted by Gasteiger charge is 2.33. The second-order valence-corrected chi connectivity index (χ2v) is 8.65. The van der Waals surface area contributed by atoms with E-state index in [0.717, 1.165) is 16.8 Å². The third-order valence-corrected chi connectivity index (χ3v) is 6.76. The first-order chi connectivity index (χ1) is 16.1. The molecule has 0 radical (unpaired) electrons. The zero-order chi connectivity index (χ0) is 22.8. The second kappa shape index (κ2) is 9.02. The van der Waals surface area contributed by atoms with Crippen molar-refractivity contribution in [2.45, 2.75) is 31.7 Å². The van der Waals surface area contributed by atoms with Crippen LogP contribution in [0, 0.1) is 5.92 Å². The first-order valence-corrected chi connectivity index (χ1v) is 11.2. The van der Waals surface area contributed by atoms with Gasteiger partial charge in [-0.1, -0.05) is 36.4 Å². The van der Waals surface area contributed by atoms with Gasteiger partial charge in [0.15, 0.2) is 0 Å². The zero-order valence-electron chi connectivity index (χ0n) is 18.2. The van der Waals surface area contributed by atoms with Crippen LogP contribution in [0.4, 0.5) is 0 Å². The van der Waals surface area contributed by atoms with Crippen LogP contribution in [0.3, 0.4) is 0 Å². The van der Waals surface area contributed by atoms with E-state index in [1.165, 1.54) is 5.56 Å². The van der Waals surface area contributed by atoms with Crippen LogP contribution in [0.5, 0.6) is 5.75 Å². The standard InChI is InChI=1S/C26H25N3O4/c30-17-33-20-7-5-18(6-8-20)13-26(32)28-11-9-19(10-12-28)25(31)14-23-21-3-1-2-4-22(21)24-15-27-16-29(23)24/h1-8,15-17,19,23H,9-14H2. The molecule has 0 bridgehead atoms. The highest BCUT2D eigenvalue weighted by Crippen LogP contribution is 2.41. The Kier molecular flexibility index (Phi) is 5.77. The van der Waals surface area contributed by atoms with Crippen molar-refractivity contribution in [1.82, 2.24) is 14.5 Å². The molecule has 3 aromatic rings. The molecule has 0 saturated carbocycles. The molecule has 1 atom stereocenters. The van der Waals surface area contributed by atoms with E-state index in [9.17, 15) is 14.4 Å². The summed E-state index contributed by atoms with van der Waals surface area (Å²) in [4.78, 5) is 42.4. The highest BCUT2D eigenvalue weighted by atomic mass is 16.5. The Hall–Kier alpha value is -3.74. The van der Waals surface area contributed by atoms with Crippen LogP contribution < -0.4 is 4.74 Å². The Morgan fingerprint density at radius 2 is 1.82 bits per heavy atom. The van der Waals surface area contributed by atoms with Gasteiger partial charge in [0, 0.05) is 31.0 Å². The minimum Gasteiger partial charge on any atom is -0.429 e. The van der Waals surface area contributed by atoms with Gasteiger partial charge in [0.2, 0.25) is 5.91 Å². The number of likely N-dealkylation sites (tertiary alicyclic amines) is 1. The molecule has 0 spiro atoms. The lowest BCUT2D eigenvalue weighted by Crippen LogP contribution is -2.41. The number of nitrogens with zero attached hydrogens (tertiary/aromatic N) is 3. The number of benzene rings is 2. The number of hydrogen-bond donors (Lipinski definition) is 0. The van der Waals surface area contributed by atoms with Crippen molar-refractivity contribution < 1.29 is 19.1 Å². The summed E-state index contributed by atoms with van der Waals surface area (Å²) in [6.45, 7) is 1.57. The van der Waals surface area contributed by atoms with Gasteiger partial charge in [-0.3, -0.25) is 14.4 Å². The van der Waals surface area contributed by atoms with Gasteiger partial charge in [0.25, 0.3) is 6.47 Å². The quantitative estimate of drug-likeness (QED) is 0.523. The van der Waals surface area contributed by atoms with E-state index in [1.807, 2.05) is 29.6 Å². The molecule has 168 valence electrons. The molecule has 7 heteroatoms. The van der Waals surface area contributed by atoms with Gasteiger partial charge in [0.05, 0.1) is 30.7 Å². The van der Waals surface area contributed by atoms with Crippen LogP contribution in [-0.4, -0.2) is 45.7 Å². The summed E-state index contributed by atoms with van der Waals surface area (Å²) < 4.78 is 6.89. The predicted octanol–water partition coefficient (Wildman–Crippen LogP) is 3.43. The third kappa shape index (κ3) is 4.18. The van der Waals surface area contributed by atoms with Gasteiger partial charge in [-0.25, -0.2) is 4.98 Å². The minimum absolute atomic E-state index is 0.00275. The molecule has 1 unspecified atom stereocenters. The first-order valence-electron chi connectivity index (χ1n) is 11.2. The normalized spacial score (nSPS) is 17.3. The lowest BCUT2D eigenvalue weighted by atomic mass is 9.87. The fourth-order valence-electron chi connectivity index (χ4n) is 4.98. The van der Waals surface area contributed by atoms with E-state index in [2.05, 4.69) is 21.7 Å². The molecule has 7 nitrogen and oxygen atoms in total. The average molecular weight is 444 g/mol. The number of carbonyl (C=O) groups excluding carboxylic acids is 3. The highest BCUT2D eigenvalue weighted by molar-refractivity contribution is 5.84. The molecular formula is C26H25N3O4. The molecule has 1 fully saturated rings. The number of imidazole rings is 1. The first kappa shape index (κ1) is 21.1. The Morgan fingerprint density at radius 3 is 2.58 bits per heavy atom. The summed E-state index contributed by atoms with van der Waals surface area (Å²) in [5.41, 5.74) is 4.27. The van der Waals surface area contributed by atoms with Crippen LogP contribution in [0.25, 0.3) is 11.3 Å². The smallest absolute Gasteiger partial charge is 0.298 e. The molecule has 1 saturated heterocycles. The number of ether oxygens (including phenoxy) is 1. The molecule has 2 aliphatic heterocycles. The van der Waals surface area contributed by atoms with Gasteiger partial charge >= 0.3 is 0 Å². The van der Waals surface area contributed by atoms with Gasteiger partial charge in [-0.2, -0.15) is 0 Å². The van der Waals surface area contributed by atoms with Crippen LogP contribution in [0.2, 0.25) is 0 Å². The molecular weight excluding hydrogens is 418 g/mol. The number of piperidine rings is 1. The lowest BCUT2D eigenvalue weighted by Gasteiger charge is -2.32. The fourth-order valence-corrected chi connectivity index (χ4v) is 4.98. The Morgan fingerprint density at radius 1 is 1.06 bits per heavy atom. The van der Waals surface area contributed by atoms with Crippen molar-refractivity contribution in [3.8, 4) is 17.0 Å². The monoisotopic (exact) mass is 443 g/mol. The van der Waals surface area contributed by atoms with E-state index in [0.29, 0.717) is 51.0 Å². The second-order valence-electron chi connectivity index (χ2n) is 8.65. The van der Waals surface area contributed by atoms with Crippen molar-refractivity contribution in [2.24, 2.45) is 5.92 Å². The summed E-state index contributed by atoms with van der Waals surface area (Å²) in [7, 11) is 0. The summed E-state index contributed by atoms with van der Waals surface area (Å²) in [5, 5.41) is 0. The molecule has 5 rings (SSSR count). The summed E-state index contributed by atoms with van der Waals surface area (Å²) in [6.07, 6.45) is 5.81. The Balaban J connectivity index is 1.16. The van der Waals surface area contributed by atoms with Crippen molar-refractivity contribution in [2.75, 3.05) is 13.1 Å². The van der Waals surface area contributed by atoms with E-state index in [-0.39, 0.29) is 23.7 Å². The van der Waals surface area contributed by atoms with Crippen LogP contribution in [0.1, 0.15) is 36.4 Å². The number of fused-ring (bicyclic) bond motifs is 3. The number of ketones is 1. The maximum absolute atomic E-state index is 13.2. The van der Waals surface area contributed by atoms with Gasteiger partial charge < -0.3 is 14.2 Å². The maximum Gasteiger partial charge on any atom is 0.298 e. The zero-order valence-corrected chi connectivity index (χ0v) is 18.2. The van der Waals surface area contributed by atoms with Gasteiger partial charge in [0.1, 0.15) is 11.5 Å². The van der Waals surface area contributed by atoms with Crippen LogP contribution in [-0.2, 0) is 20.8 Å². The predicted molar refractivity (Wildman–Crippen MR) is 122 cm³/mol. The van der Waals surface area contributed by atoms with Crippen LogP contribution in [0.15, 0.2) is 61.1 Å². The van der Waals surface area contributed by atoms with Crippen LogP contribution >= 0.6 is 0 Å². The average Bonchev–Trinajstić information content (AvgIpc) is 3.43. The molecule has 1 amide bonds. The van der Waals surface area contributed by atoms with E-state index in [1.54, 1.807) is 24.3 Å². The molecule has 0 N–H and O–H groups in total. The maximum atomic E-state index is 13.2. The van der Waals surface area contributed by atoms with Crippen molar-refractivity contribution >= 4 is 18.2 Å². The number of Topliss-reactive ketones (excluding diaryl/α,β-unsaturated/α-hetero) is 1. The number of aromatic nitrogens is 2. The van der Waals surface area contributed by atoms with E-state index < -0.39 is 0 Å². The minimum atomic E-state index is -0.0199. The summed E-state index contributed by atoms with van der Waals surface area (Å²) in [5.74, 6) is 0.744. The Bertz CT molecular complexity index is 1180. The molecule has 1 aromatic heterocycles. The Labute approximate surface area is 192 Å². The van der Waals surface area contributed by atoms with E-state index >= 15 is 0 Å². The lowest BCUT2D eigenvalue weighted by molar-refractivity contribution is -0.134. The molecule has 2 aromatic carbocycles. The molecule has 2 aliphatic rings. The number of hydrogen-bond acceptors (Lipinski definition) is 5. The number of carbonyl (C=O) groups is 3.